The molecule has 1 fully saturated rings. The molecule has 140 valence electrons. The van der Waals surface area contributed by atoms with Gasteiger partial charge in [0.2, 0.25) is 0 Å². The summed E-state index contributed by atoms with van der Waals surface area (Å²) in [5.74, 6) is 1.17. The molecule has 0 bridgehead atoms. The van der Waals surface area contributed by atoms with Crippen LogP contribution >= 0.6 is 24.8 Å². The van der Waals surface area contributed by atoms with Gasteiger partial charge in [0, 0.05) is 43.9 Å². The maximum atomic E-state index is 14.7. The van der Waals surface area contributed by atoms with Crippen LogP contribution in [0, 0.1) is 11.7 Å². The second kappa shape index (κ2) is 11.0. The predicted molar refractivity (Wildman–Crippen MR) is 101 cm³/mol. The van der Waals surface area contributed by atoms with E-state index in [1.165, 1.54) is 13.2 Å². The number of hydrogen-bond acceptors (Lipinski definition) is 4. The zero-order valence-electron chi connectivity index (χ0n) is 14.8. The number of nitrogens with zero attached hydrogens (tertiary/aromatic N) is 1. The third kappa shape index (κ3) is 5.12. The third-order valence-corrected chi connectivity index (χ3v) is 4.55. The van der Waals surface area contributed by atoms with Crippen molar-refractivity contribution in [2.75, 3.05) is 40.4 Å². The topological polar surface area (TPSA) is 33.7 Å². The molecule has 24 heavy (non-hydrogen) atoms. The summed E-state index contributed by atoms with van der Waals surface area (Å²) in [6.45, 7) is 8.09. The van der Waals surface area contributed by atoms with E-state index >= 15 is 0 Å². The van der Waals surface area contributed by atoms with E-state index in [2.05, 4.69) is 24.1 Å². The van der Waals surface area contributed by atoms with Crippen molar-refractivity contribution in [2.45, 2.75) is 26.3 Å². The van der Waals surface area contributed by atoms with E-state index in [0.29, 0.717) is 23.0 Å². The number of halogens is 3. The minimum atomic E-state index is -0.221. The van der Waals surface area contributed by atoms with Gasteiger partial charge in [0.25, 0.3) is 0 Å². The molecule has 1 aromatic carbocycles. The van der Waals surface area contributed by atoms with E-state index in [1.54, 1.807) is 13.2 Å². The van der Waals surface area contributed by atoms with Crippen molar-refractivity contribution in [3.63, 3.8) is 0 Å². The molecule has 0 radical (unpaired) electrons. The largest absolute Gasteiger partial charge is 0.493 e. The molecule has 1 N–H and O–H groups in total. The maximum absolute atomic E-state index is 14.7. The molecule has 0 spiro atoms. The summed E-state index contributed by atoms with van der Waals surface area (Å²) >= 11 is 0. The number of methoxy groups -OCH3 is 2. The highest BCUT2D eigenvalue weighted by atomic mass is 35.5. The van der Waals surface area contributed by atoms with Gasteiger partial charge in [0.05, 0.1) is 14.2 Å². The summed E-state index contributed by atoms with van der Waals surface area (Å²) in [6.07, 6.45) is 1.00. The van der Waals surface area contributed by atoms with Crippen molar-refractivity contribution < 1.29 is 13.9 Å². The van der Waals surface area contributed by atoms with Gasteiger partial charge in [-0.2, -0.15) is 0 Å². The van der Waals surface area contributed by atoms with Crippen molar-refractivity contribution >= 4 is 24.8 Å². The molecule has 1 saturated heterocycles. The van der Waals surface area contributed by atoms with Gasteiger partial charge < -0.3 is 14.8 Å². The average molecular weight is 383 g/mol. The summed E-state index contributed by atoms with van der Waals surface area (Å²) in [7, 11) is 3.11. The molecule has 1 aliphatic heterocycles. The van der Waals surface area contributed by atoms with Crippen LogP contribution in [0.15, 0.2) is 12.1 Å². The molecule has 1 aromatic rings. The van der Waals surface area contributed by atoms with E-state index in [4.69, 9.17) is 9.47 Å². The Morgan fingerprint density at radius 2 is 1.67 bits per heavy atom. The molecule has 0 aliphatic carbocycles. The number of piperazine rings is 1. The molecule has 0 saturated carbocycles. The van der Waals surface area contributed by atoms with E-state index in [0.717, 1.165) is 32.6 Å². The first-order valence-corrected chi connectivity index (χ1v) is 7.98. The Bertz CT molecular complexity index is 500. The van der Waals surface area contributed by atoms with Gasteiger partial charge in [0.15, 0.2) is 11.5 Å². The molecule has 1 heterocycles. The third-order valence-electron chi connectivity index (χ3n) is 4.55. The smallest absolute Gasteiger partial charge is 0.163 e. The van der Waals surface area contributed by atoms with Gasteiger partial charge in [-0.25, -0.2) is 4.39 Å². The molecule has 1 unspecified atom stereocenters. The first-order chi connectivity index (χ1) is 10.6. The van der Waals surface area contributed by atoms with Gasteiger partial charge in [0.1, 0.15) is 5.82 Å². The highest BCUT2D eigenvalue weighted by Gasteiger charge is 2.29. The van der Waals surface area contributed by atoms with Crippen LogP contribution in [-0.4, -0.2) is 45.3 Å². The highest BCUT2D eigenvalue weighted by molar-refractivity contribution is 5.85. The lowest BCUT2D eigenvalue weighted by Gasteiger charge is -2.38. The summed E-state index contributed by atoms with van der Waals surface area (Å²) in [5.41, 5.74) is 0.703. The van der Waals surface area contributed by atoms with Crippen molar-refractivity contribution in [1.29, 1.82) is 0 Å². The first kappa shape index (κ1) is 23.2. The van der Waals surface area contributed by atoms with E-state index < -0.39 is 0 Å². The number of nitrogens with one attached hydrogen (secondary N) is 1. The molecular weight excluding hydrogens is 354 g/mol. The van der Waals surface area contributed by atoms with Gasteiger partial charge in [-0.3, -0.25) is 4.90 Å². The lowest BCUT2D eigenvalue weighted by molar-refractivity contribution is 0.125. The summed E-state index contributed by atoms with van der Waals surface area (Å²) in [6, 6.07) is 3.30. The maximum Gasteiger partial charge on any atom is 0.163 e. The molecule has 2 atom stereocenters. The van der Waals surface area contributed by atoms with Crippen LogP contribution in [0.2, 0.25) is 0 Å². The molecule has 0 aromatic heterocycles. The van der Waals surface area contributed by atoms with Crippen LogP contribution in [0.5, 0.6) is 11.5 Å². The normalized spacial score (nSPS) is 17.2. The van der Waals surface area contributed by atoms with Crippen LogP contribution in [0.3, 0.4) is 0 Å². The number of benzene rings is 1. The fourth-order valence-corrected chi connectivity index (χ4v) is 3.14. The zero-order chi connectivity index (χ0) is 16.1. The lowest BCUT2D eigenvalue weighted by Crippen LogP contribution is -2.46. The highest BCUT2D eigenvalue weighted by Crippen LogP contribution is 2.38. The average Bonchev–Trinajstić information content (AvgIpc) is 2.56. The lowest BCUT2D eigenvalue weighted by atomic mass is 9.90. The molecular formula is C17H29Cl2FN2O2. The zero-order valence-corrected chi connectivity index (χ0v) is 16.4. The van der Waals surface area contributed by atoms with Crippen molar-refractivity contribution in [3.8, 4) is 11.5 Å². The van der Waals surface area contributed by atoms with Crippen molar-refractivity contribution in [2.24, 2.45) is 5.92 Å². The Balaban J connectivity index is 0.00000264. The minimum absolute atomic E-state index is 0. The van der Waals surface area contributed by atoms with Crippen molar-refractivity contribution in [1.82, 2.24) is 10.2 Å². The van der Waals surface area contributed by atoms with Gasteiger partial charge >= 0.3 is 0 Å². The predicted octanol–water partition coefficient (Wildman–Crippen LogP) is 3.68. The molecule has 4 nitrogen and oxygen atoms in total. The van der Waals surface area contributed by atoms with Crippen LogP contribution < -0.4 is 14.8 Å². The summed E-state index contributed by atoms with van der Waals surface area (Å²) in [4.78, 5) is 2.37. The standard InChI is InChI=1S/C17H27FN2O2.2ClH/c1-5-12(2)17(20-8-6-19-7-9-20)13-10-15(21-3)16(22-4)11-14(13)18;;/h10-12,17,19H,5-9H2,1-4H3;2*1H/t12?,17-;;/m0../s1. The second-order valence-electron chi connectivity index (χ2n) is 5.85. The monoisotopic (exact) mass is 382 g/mol. The Morgan fingerprint density at radius 1 is 1.12 bits per heavy atom. The van der Waals surface area contributed by atoms with Crippen LogP contribution in [0.1, 0.15) is 31.9 Å². The van der Waals surface area contributed by atoms with Gasteiger partial charge in [-0.15, -0.1) is 24.8 Å². The van der Waals surface area contributed by atoms with Crippen LogP contribution in [0.4, 0.5) is 4.39 Å². The molecule has 1 aliphatic rings. The first-order valence-electron chi connectivity index (χ1n) is 7.98. The van der Waals surface area contributed by atoms with E-state index in [1.807, 2.05) is 0 Å². The van der Waals surface area contributed by atoms with Gasteiger partial charge in [-0.05, 0) is 12.0 Å². The fraction of sp³-hybridized carbons (Fsp3) is 0.647. The van der Waals surface area contributed by atoms with E-state index in [9.17, 15) is 4.39 Å². The van der Waals surface area contributed by atoms with Crippen LogP contribution in [-0.2, 0) is 0 Å². The molecule has 7 heteroatoms. The quantitative estimate of drug-likeness (QED) is 0.813. The number of rotatable bonds is 6. The Morgan fingerprint density at radius 3 is 2.17 bits per heavy atom. The second-order valence-corrected chi connectivity index (χ2v) is 5.85. The molecule has 0 amide bonds. The SMILES string of the molecule is CCC(C)[C@@H](c1cc(OC)c(OC)cc1F)N1CCNCC1.Cl.Cl. The number of ether oxygens (including phenoxy) is 2. The Kier molecular flexibility index (Phi) is 10.6. The fourth-order valence-electron chi connectivity index (χ4n) is 3.14. The summed E-state index contributed by atoms with van der Waals surface area (Å²) in [5, 5.41) is 3.35. The summed E-state index contributed by atoms with van der Waals surface area (Å²) < 4.78 is 25.2. The van der Waals surface area contributed by atoms with Crippen LogP contribution in [0.25, 0.3) is 0 Å². The minimum Gasteiger partial charge on any atom is -0.493 e. The van der Waals surface area contributed by atoms with E-state index in [-0.39, 0.29) is 36.7 Å². The van der Waals surface area contributed by atoms with Crippen molar-refractivity contribution in [3.05, 3.63) is 23.5 Å². The van der Waals surface area contributed by atoms with Gasteiger partial charge in [-0.1, -0.05) is 20.3 Å². The Labute approximate surface area is 156 Å². The Hall–Kier alpha value is -0.750. The molecule has 2 rings (SSSR count). The number of hydrogen-bond donors (Lipinski definition) is 1.